The molecule has 6 nitrogen and oxygen atoms in total. The van der Waals surface area contributed by atoms with Gasteiger partial charge in [0, 0.05) is 12.4 Å². The summed E-state index contributed by atoms with van der Waals surface area (Å²) in [6.07, 6.45) is 5.75. The Morgan fingerprint density at radius 1 is 1.15 bits per heavy atom. The van der Waals surface area contributed by atoms with Crippen LogP contribution in [0.1, 0.15) is 0 Å². The SMILES string of the molecule is O=C(O)C(=O)O.[Au+].[c-]1cccc2ccn3ccnc3c12. The number of carboxylic acids is 2. The van der Waals surface area contributed by atoms with Crippen LogP contribution in [-0.4, -0.2) is 31.5 Å². The van der Waals surface area contributed by atoms with E-state index in [-0.39, 0.29) is 22.4 Å². The van der Waals surface area contributed by atoms with Gasteiger partial charge in [0.15, 0.2) is 0 Å². The van der Waals surface area contributed by atoms with E-state index in [0.717, 1.165) is 11.0 Å². The zero-order valence-electron chi connectivity index (χ0n) is 9.95. The van der Waals surface area contributed by atoms with Gasteiger partial charge in [-0.05, 0) is 6.20 Å². The minimum atomic E-state index is -1.82. The zero-order valence-corrected chi connectivity index (χ0v) is 12.1. The van der Waals surface area contributed by atoms with E-state index in [1.54, 1.807) is 6.20 Å². The van der Waals surface area contributed by atoms with E-state index in [2.05, 4.69) is 23.2 Å². The van der Waals surface area contributed by atoms with Crippen LogP contribution in [0.15, 0.2) is 42.9 Å². The minimum absolute atomic E-state index is 0. The quantitative estimate of drug-likeness (QED) is 0.305. The first-order valence-electron chi connectivity index (χ1n) is 5.28. The molecule has 0 aliphatic heterocycles. The van der Waals surface area contributed by atoms with Crippen molar-refractivity contribution in [3.8, 4) is 0 Å². The molecule has 2 aromatic heterocycles. The molecule has 0 atom stereocenters. The van der Waals surface area contributed by atoms with Gasteiger partial charge in [0.2, 0.25) is 0 Å². The fourth-order valence-electron chi connectivity index (χ4n) is 1.57. The average molecular weight is 454 g/mol. The maximum atomic E-state index is 9.10. The van der Waals surface area contributed by atoms with Crippen molar-refractivity contribution in [2.45, 2.75) is 0 Å². The third-order valence-electron chi connectivity index (χ3n) is 2.38. The summed E-state index contributed by atoms with van der Waals surface area (Å²) >= 11 is 0. The molecule has 106 valence electrons. The molecule has 0 aliphatic carbocycles. The predicted molar refractivity (Wildman–Crippen MR) is 66.8 cm³/mol. The zero-order chi connectivity index (χ0) is 13.8. The summed E-state index contributed by atoms with van der Waals surface area (Å²) in [7, 11) is 0. The molecular formula is C13H9AuN2O4. The Labute approximate surface area is 129 Å². The van der Waals surface area contributed by atoms with Gasteiger partial charge in [-0.1, -0.05) is 6.07 Å². The molecule has 0 spiro atoms. The van der Waals surface area contributed by atoms with Crippen LogP contribution in [0, 0.1) is 6.07 Å². The van der Waals surface area contributed by atoms with Crippen molar-refractivity contribution >= 4 is 28.4 Å². The van der Waals surface area contributed by atoms with Gasteiger partial charge in [-0.3, -0.25) is 4.98 Å². The van der Waals surface area contributed by atoms with E-state index >= 15 is 0 Å². The molecule has 0 aliphatic rings. The predicted octanol–water partition coefficient (Wildman–Crippen LogP) is 1.44. The van der Waals surface area contributed by atoms with Crippen LogP contribution in [-0.2, 0) is 32.0 Å². The number of aromatic nitrogens is 2. The average Bonchev–Trinajstić information content (AvgIpc) is 2.88. The second-order valence-electron chi connectivity index (χ2n) is 3.58. The summed E-state index contributed by atoms with van der Waals surface area (Å²) in [6, 6.07) is 11.2. The van der Waals surface area contributed by atoms with Crippen molar-refractivity contribution in [1.29, 1.82) is 0 Å². The molecular weight excluding hydrogens is 445 g/mol. The number of hydrogen-bond acceptors (Lipinski definition) is 3. The van der Waals surface area contributed by atoms with Crippen molar-refractivity contribution in [2.75, 3.05) is 0 Å². The molecule has 20 heavy (non-hydrogen) atoms. The van der Waals surface area contributed by atoms with Gasteiger partial charge < -0.3 is 14.6 Å². The third-order valence-corrected chi connectivity index (χ3v) is 2.38. The molecule has 0 fully saturated rings. The topological polar surface area (TPSA) is 91.9 Å². The van der Waals surface area contributed by atoms with Crippen LogP contribution < -0.4 is 0 Å². The van der Waals surface area contributed by atoms with Crippen molar-refractivity contribution in [3.05, 3.63) is 48.9 Å². The summed E-state index contributed by atoms with van der Waals surface area (Å²) in [5, 5.41) is 17.0. The van der Waals surface area contributed by atoms with Crippen molar-refractivity contribution < 1.29 is 42.2 Å². The Kier molecular flexibility index (Phi) is 5.45. The molecule has 0 unspecified atom stereocenters. The van der Waals surface area contributed by atoms with Crippen LogP contribution in [0.3, 0.4) is 0 Å². The maximum absolute atomic E-state index is 9.10. The Hall–Kier alpha value is -2.15. The van der Waals surface area contributed by atoms with E-state index < -0.39 is 11.9 Å². The molecule has 0 radical (unpaired) electrons. The normalized spacial score (nSPS) is 9.40. The van der Waals surface area contributed by atoms with Crippen LogP contribution >= 0.6 is 0 Å². The summed E-state index contributed by atoms with van der Waals surface area (Å²) < 4.78 is 2.00. The largest absolute Gasteiger partial charge is 1.00 e. The van der Waals surface area contributed by atoms with Crippen LogP contribution in [0.25, 0.3) is 16.4 Å². The van der Waals surface area contributed by atoms with E-state index in [1.807, 2.05) is 28.9 Å². The Morgan fingerprint density at radius 3 is 2.50 bits per heavy atom. The molecule has 0 saturated carbocycles. The molecule has 1 aromatic carbocycles. The first-order valence-corrected chi connectivity index (χ1v) is 5.28. The second kappa shape index (κ2) is 6.86. The van der Waals surface area contributed by atoms with Crippen molar-refractivity contribution in [2.24, 2.45) is 0 Å². The summed E-state index contributed by atoms with van der Waals surface area (Å²) in [5.74, 6) is -3.65. The number of hydrogen-bond donors (Lipinski definition) is 2. The van der Waals surface area contributed by atoms with Gasteiger partial charge in [-0.25, -0.2) is 9.59 Å². The molecule has 0 saturated heterocycles. The van der Waals surface area contributed by atoms with Gasteiger partial charge in [-0.2, -0.15) is 0 Å². The monoisotopic (exact) mass is 454 g/mol. The maximum Gasteiger partial charge on any atom is 1.00 e. The van der Waals surface area contributed by atoms with E-state index in [9.17, 15) is 0 Å². The smallest absolute Gasteiger partial charge is 0.473 e. The molecule has 3 rings (SSSR count). The number of nitrogens with zero attached hydrogens (tertiary/aromatic N) is 2. The third kappa shape index (κ3) is 3.45. The van der Waals surface area contributed by atoms with Gasteiger partial charge in [-0.15, -0.1) is 35.0 Å². The van der Waals surface area contributed by atoms with Crippen molar-refractivity contribution in [1.82, 2.24) is 9.38 Å². The van der Waals surface area contributed by atoms with Gasteiger partial charge in [0.25, 0.3) is 0 Å². The first kappa shape index (κ1) is 15.9. The fraction of sp³-hybridized carbons (Fsp3) is 0. The molecule has 0 amide bonds. The molecule has 2 heterocycles. The fourth-order valence-corrected chi connectivity index (χ4v) is 1.57. The van der Waals surface area contributed by atoms with Crippen LogP contribution in [0.5, 0.6) is 0 Å². The number of rotatable bonds is 0. The Bertz CT molecular complexity index is 742. The standard InChI is InChI=1S/C11H7N2.C2H2O4.Au/c1-2-4-10-9(3-1)5-7-13-8-6-12-11(10)13;3-1(4)2(5)6;/h1-3,5-8H;(H,3,4)(H,5,6);/q-1;;+1. The number of benzene rings is 1. The summed E-state index contributed by atoms with van der Waals surface area (Å²) in [6.45, 7) is 0. The summed E-state index contributed by atoms with van der Waals surface area (Å²) in [5.41, 5.74) is 0.970. The van der Waals surface area contributed by atoms with Gasteiger partial charge >= 0.3 is 34.3 Å². The molecule has 0 bridgehead atoms. The number of carboxylic acid groups (broad SMARTS) is 2. The van der Waals surface area contributed by atoms with Crippen LogP contribution in [0.4, 0.5) is 0 Å². The number of aliphatic carboxylic acids is 2. The van der Waals surface area contributed by atoms with Gasteiger partial charge in [0.1, 0.15) is 0 Å². The Morgan fingerprint density at radius 2 is 1.85 bits per heavy atom. The number of carbonyl (C=O) groups is 2. The van der Waals surface area contributed by atoms with Gasteiger partial charge in [0.05, 0.1) is 5.65 Å². The van der Waals surface area contributed by atoms with E-state index in [4.69, 9.17) is 19.8 Å². The number of imidazole rings is 1. The second-order valence-corrected chi connectivity index (χ2v) is 3.58. The minimum Gasteiger partial charge on any atom is -0.473 e. The molecule has 7 heteroatoms. The van der Waals surface area contributed by atoms with Crippen LogP contribution in [0.2, 0.25) is 0 Å². The molecule has 2 N–H and O–H groups in total. The summed E-state index contributed by atoms with van der Waals surface area (Å²) in [4.78, 5) is 22.5. The van der Waals surface area contributed by atoms with E-state index in [1.165, 1.54) is 5.39 Å². The first-order chi connectivity index (χ1) is 9.09. The number of pyridine rings is 1. The number of fused-ring (bicyclic) bond motifs is 3. The van der Waals surface area contributed by atoms with E-state index in [0.29, 0.717) is 0 Å². The Balaban J connectivity index is 0.000000250. The molecule has 3 aromatic rings. The van der Waals surface area contributed by atoms with Crippen molar-refractivity contribution in [3.63, 3.8) is 0 Å².